The maximum absolute atomic E-state index is 4.80. The number of fused-ring (bicyclic) bond motifs is 1. The van der Waals surface area contributed by atoms with E-state index in [0.717, 1.165) is 33.3 Å². The van der Waals surface area contributed by atoms with Crippen LogP contribution in [-0.4, -0.2) is 26.2 Å². The quantitative estimate of drug-likeness (QED) is 0.341. The lowest BCUT2D eigenvalue weighted by Crippen LogP contribution is -1.96. The molecule has 0 saturated carbocycles. The zero-order chi connectivity index (χ0) is 20.2. The molecule has 6 heteroatoms. The minimum absolute atomic E-state index is 0.612. The number of benzene rings is 3. The molecule has 1 N–H and O–H groups in total. The largest absolute Gasteiger partial charge is 0.259 e. The molecule has 0 fully saturated rings. The van der Waals surface area contributed by atoms with Crippen molar-refractivity contribution < 1.29 is 0 Å². The van der Waals surface area contributed by atoms with Gasteiger partial charge in [-0.2, -0.15) is 15.3 Å². The van der Waals surface area contributed by atoms with E-state index in [4.69, 9.17) is 5.10 Å². The molecular formula is C24H18N6. The summed E-state index contributed by atoms with van der Waals surface area (Å²) in [6, 6.07) is 28.0. The molecule has 0 radical (unpaired) electrons. The predicted molar refractivity (Wildman–Crippen MR) is 120 cm³/mol. The minimum atomic E-state index is 0.612. The van der Waals surface area contributed by atoms with Crippen molar-refractivity contribution in [2.45, 2.75) is 0 Å². The summed E-state index contributed by atoms with van der Waals surface area (Å²) in [7, 11) is 0. The smallest absolute Gasteiger partial charge is 0.176 e. The number of nitrogens with zero attached hydrogens (tertiary/aromatic N) is 5. The van der Waals surface area contributed by atoms with Gasteiger partial charge in [-0.05, 0) is 12.1 Å². The highest BCUT2D eigenvalue weighted by atomic mass is 15.3. The lowest BCUT2D eigenvalue weighted by molar-refractivity contribution is 0.884. The van der Waals surface area contributed by atoms with Crippen molar-refractivity contribution in [3.8, 4) is 16.9 Å². The molecule has 0 bridgehead atoms. The van der Waals surface area contributed by atoms with E-state index in [-0.39, 0.29) is 0 Å². The average Bonchev–Trinajstić information content (AvgIpc) is 3.25. The maximum atomic E-state index is 4.80. The molecule has 30 heavy (non-hydrogen) atoms. The highest BCUT2D eigenvalue weighted by Gasteiger charge is 2.11. The van der Waals surface area contributed by atoms with Crippen LogP contribution >= 0.6 is 0 Å². The summed E-state index contributed by atoms with van der Waals surface area (Å²) in [5.41, 5.74) is 6.79. The molecule has 0 aliphatic rings. The summed E-state index contributed by atoms with van der Waals surface area (Å²) in [5, 5.41) is 19.4. The van der Waals surface area contributed by atoms with Gasteiger partial charge >= 0.3 is 0 Å². The second kappa shape index (κ2) is 7.97. The van der Waals surface area contributed by atoms with E-state index >= 15 is 0 Å². The molecule has 5 aromatic rings. The highest BCUT2D eigenvalue weighted by molar-refractivity contribution is 5.92. The molecule has 0 spiro atoms. The molecular weight excluding hydrogens is 372 g/mol. The van der Waals surface area contributed by atoms with E-state index in [1.165, 1.54) is 0 Å². The Labute approximate surface area is 173 Å². The second-order valence-corrected chi connectivity index (χ2v) is 6.73. The van der Waals surface area contributed by atoms with Gasteiger partial charge in [0.25, 0.3) is 0 Å². The van der Waals surface area contributed by atoms with Crippen molar-refractivity contribution in [3.63, 3.8) is 0 Å². The van der Waals surface area contributed by atoms with Crippen LogP contribution in [0, 0.1) is 0 Å². The Kier molecular flexibility index (Phi) is 4.72. The van der Waals surface area contributed by atoms with E-state index in [1.807, 2.05) is 95.8 Å². The first-order valence-corrected chi connectivity index (χ1v) is 9.58. The van der Waals surface area contributed by atoms with Gasteiger partial charge in [-0.15, -0.1) is 5.10 Å². The molecule has 0 amide bonds. The van der Waals surface area contributed by atoms with Crippen molar-refractivity contribution in [2.75, 3.05) is 5.43 Å². The minimum Gasteiger partial charge on any atom is -0.259 e. The molecule has 0 atom stereocenters. The fourth-order valence-electron chi connectivity index (χ4n) is 3.29. The summed E-state index contributed by atoms with van der Waals surface area (Å²) in [5.74, 6) is 0.612. The maximum Gasteiger partial charge on any atom is 0.176 e. The fourth-order valence-corrected chi connectivity index (χ4v) is 3.29. The van der Waals surface area contributed by atoms with Crippen LogP contribution in [-0.2, 0) is 0 Å². The van der Waals surface area contributed by atoms with Gasteiger partial charge in [-0.3, -0.25) is 5.43 Å². The lowest BCUT2D eigenvalue weighted by Gasteiger charge is -2.03. The summed E-state index contributed by atoms with van der Waals surface area (Å²) >= 11 is 0. The Morgan fingerprint density at radius 2 is 1.57 bits per heavy atom. The Balaban J connectivity index is 1.50. The Bertz CT molecular complexity index is 1300. The van der Waals surface area contributed by atoms with Gasteiger partial charge < -0.3 is 0 Å². The number of hydrazone groups is 1. The molecule has 5 rings (SSSR count). The van der Waals surface area contributed by atoms with Crippen molar-refractivity contribution in [1.29, 1.82) is 0 Å². The van der Waals surface area contributed by atoms with Crippen molar-refractivity contribution in [3.05, 3.63) is 103 Å². The summed E-state index contributed by atoms with van der Waals surface area (Å²) in [6.07, 6.45) is 5.47. The van der Waals surface area contributed by atoms with Crippen LogP contribution in [0.25, 0.3) is 27.7 Å². The molecule has 2 heterocycles. The molecule has 6 nitrogen and oxygen atoms in total. The van der Waals surface area contributed by atoms with Crippen molar-refractivity contribution in [2.24, 2.45) is 5.10 Å². The molecule has 0 unspecified atom stereocenters. The van der Waals surface area contributed by atoms with Gasteiger partial charge in [0.1, 0.15) is 5.69 Å². The van der Waals surface area contributed by atoms with Crippen molar-refractivity contribution >= 4 is 22.8 Å². The third-order valence-electron chi connectivity index (χ3n) is 4.76. The van der Waals surface area contributed by atoms with Crippen LogP contribution in [0.4, 0.5) is 5.82 Å². The second-order valence-electron chi connectivity index (χ2n) is 6.73. The number of aromatic nitrogens is 4. The molecule has 0 saturated heterocycles. The van der Waals surface area contributed by atoms with Crippen molar-refractivity contribution in [1.82, 2.24) is 20.0 Å². The number of rotatable bonds is 5. The van der Waals surface area contributed by atoms with Gasteiger partial charge in [0, 0.05) is 28.1 Å². The third kappa shape index (κ3) is 3.54. The number of hydrogen-bond donors (Lipinski definition) is 1. The van der Waals surface area contributed by atoms with Crippen LogP contribution in [0.3, 0.4) is 0 Å². The first kappa shape index (κ1) is 17.8. The van der Waals surface area contributed by atoms with Gasteiger partial charge in [-0.1, -0.05) is 72.8 Å². The normalized spacial score (nSPS) is 11.2. The van der Waals surface area contributed by atoms with Gasteiger partial charge in [0.15, 0.2) is 5.82 Å². The van der Waals surface area contributed by atoms with Gasteiger partial charge in [0.2, 0.25) is 0 Å². The first-order chi connectivity index (χ1) is 14.9. The van der Waals surface area contributed by atoms with Crippen LogP contribution < -0.4 is 5.43 Å². The number of nitrogens with one attached hydrogen (secondary N) is 1. The lowest BCUT2D eigenvalue weighted by atomic mass is 10.1. The Morgan fingerprint density at radius 1 is 0.833 bits per heavy atom. The summed E-state index contributed by atoms with van der Waals surface area (Å²) < 4.78 is 1.86. The van der Waals surface area contributed by atoms with E-state index in [2.05, 4.69) is 20.7 Å². The Morgan fingerprint density at radius 3 is 2.40 bits per heavy atom. The molecule has 2 aromatic heterocycles. The van der Waals surface area contributed by atoms with E-state index in [9.17, 15) is 0 Å². The zero-order valence-electron chi connectivity index (χ0n) is 16.1. The molecule has 3 aromatic carbocycles. The standard InChI is InChI=1S/C24H18N6/c1-3-9-18(10-4-1)23-20(17-30(29-23)21-12-5-2-6-13-21)16-26-28-24-22-14-8-7-11-19(22)15-25-27-24/h1-17H,(H,27,28). The predicted octanol–water partition coefficient (Wildman–Crippen LogP) is 4.93. The van der Waals surface area contributed by atoms with Gasteiger partial charge in [0.05, 0.1) is 18.1 Å². The van der Waals surface area contributed by atoms with Crippen LogP contribution in [0.5, 0.6) is 0 Å². The highest BCUT2D eigenvalue weighted by Crippen LogP contribution is 2.23. The summed E-state index contributed by atoms with van der Waals surface area (Å²) in [6.45, 7) is 0. The van der Waals surface area contributed by atoms with Crippen LogP contribution in [0.15, 0.2) is 102 Å². The molecule has 0 aliphatic heterocycles. The molecule has 144 valence electrons. The SMILES string of the molecule is C(=NNc1nncc2ccccc12)c1cn(-c2ccccc2)nc1-c1ccccc1. The number of para-hydroxylation sites is 1. The number of anilines is 1. The van der Waals surface area contributed by atoms with E-state index < -0.39 is 0 Å². The Hall–Kier alpha value is -4.32. The zero-order valence-corrected chi connectivity index (χ0v) is 16.1. The fraction of sp³-hybridized carbons (Fsp3) is 0. The summed E-state index contributed by atoms with van der Waals surface area (Å²) in [4.78, 5) is 0. The topological polar surface area (TPSA) is 68.0 Å². The third-order valence-corrected chi connectivity index (χ3v) is 4.76. The first-order valence-electron chi connectivity index (χ1n) is 9.58. The van der Waals surface area contributed by atoms with Crippen LogP contribution in [0.2, 0.25) is 0 Å². The van der Waals surface area contributed by atoms with Crippen LogP contribution in [0.1, 0.15) is 5.56 Å². The number of hydrogen-bond acceptors (Lipinski definition) is 5. The van der Waals surface area contributed by atoms with E-state index in [1.54, 1.807) is 12.4 Å². The van der Waals surface area contributed by atoms with Gasteiger partial charge in [-0.25, -0.2) is 4.68 Å². The average molecular weight is 390 g/mol. The monoisotopic (exact) mass is 390 g/mol. The van der Waals surface area contributed by atoms with E-state index in [0.29, 0.717) is 5.82 Å². The molecule has 0 aliphatic carbocycles.